The Kier molecular flexibility index (Phi) is 2.59. The van der Waals surface area contributed by atoms with Crippen LogP contribution in [0, 0.1) is 0 Å². The summed E-state index contributed by atoms with van der Waals surface area (Å²) in [7, 11) is 1.89. The monoisotopic (exact) mass is 245 g/mol. The maximum Gasteiger partial charge on any atom is 0.202 e. The fourth-order valence-electron chi connectivity index (χ4n) is 2.45. The quantitative estimate of drug-likeness (QED) is 0.903. The summed E-state index contributed by atoms with van der Waals surface area (Å²) >= 11 is 1.45. The van der Waals surface area contributed by atoms with E-state index >= 15 is 0 Å². The molecule has 0 saturated heterocycles. The SMILES string of the molecule is CNc1nc(C2(c3ccccc3)CCC2)ns1. The van der Waals surface area contributed by atoms with Gasteiger partial charge in [0.15, 0.2) is 5.82 Å². The third kappa shape index (κ3) is 1.63. The van der Waals surface area contributed by atoms with Gasteiger partial charge in [-0.05, 0) is 18.4 Å². The molecule has 0 aliphatic heterocycles. The minimum Gasteiger partial charge on any atom is -0.363 e. The lowest BCUT2D eigenvalue weighted by Gasteiger charge is -2.40. The Balaban J connectivity index is 2.02. The standard InChI is InChI=1S/C13H15N3S/c1-14-12-15-11(16-17-12)13(8-5-9-13)10-6-3-2-4-7-10/h2-4,6-7H,5,8-9H2,1H3,(H,14,15,16). The smallest absolute Gasteiger partial charge is 0.202 e. The number of aromatic nitrogens is 2. The van der Waals surface area contributed by atoms with E-state index in [4.69, 9.17) is 0 Å². The summed E-state index contributed by atoms with van der Waals surface area (Å²) in [5.74, 6) is 0.990. The first-order valence-electron chi connectivity index (χ1n) is 5.93. The van der Waals surface area contributed by atoms with Gasteiger partial charge in [0.05, 0.1) is 5.41 Å². The zero-order valence-electron chi connectivity index (χ0n) is 9.81. The molecule has 4 heteroatoms. The van der Waals surface area contributed by atoms with E-state index in [1.807, 2.05) is 7.05 Å². The summed E-state index contributed by atoms with van der Waals surface area (Å²) in [5.41, 5.74) is 1.43. The molecule has 0 unspecified atom stereocenters. The van der Waals surface area contributed by atoms with Crippen molar-refractivity contribution in [2.45, 2.75) is 24.7 Å². The number of hydrogen-bond donors (Lipinski definition) is 1. The first-order valence-corrected chi connectivity index (χ1v) is 6.70. The van der Waals surface area contributed by atoms with E-state index in [0.717, 1.165) is 23.8 Å². The molecule has 0 radical (unpaired) electrons. The summed E-state index contributed by atoms with van der Waals surface area (Å²) in [6.07, 6.45) is 3.59. The second-order valence-corrected chi connectivity index (χ2v) is 5.23. The molecule has 3 rings (SSSR count). The van der Waals surface area contributed by atoms with Gasteiger partial charge in [-0.2, -0.15) is 4.37 Å². The van der Waals surface area contributed by atoms with Crippen molar-refractivity contribution in [2.75, 3.05) is 12.4 Å². The summed E-state index contributed by atoms with van der Waals surface area (Å²) in [5, 5.41) is 3.97. The molecule has 1 heterocycles. The molecule has 0 amide bonds. The number of rotatable bonds is 3. The van der Waals surface area contributed by atoms with Crippen LogP contribution in [0.1, 0.15) is 30.7 Å². The maximum absolute atomic E-state index is 4.60. The molecular weight excluding hydrogens is 230 g/mol. The minimum absolute atomic E-state index is 0.0762. The van der Waals surface area contributed by atoms with Crippen LogP contribution in [0.25, 0.3) is 0 Å². The van der Waals surface area contributed by atoms with E-state index in [1.54, 1.807) is 0 Å². The van der Waals surface area contributed by atoms with Crippen LogP contribution in [-0.4, -0.2) is 16.4 Å². The van der Waals surface area contributed by atoms with Crippen LogP contribution in [0.4, 0.5) is 5.13 Å². The summed E-state index contributed by atoms with van der Waals surface area (Å²) in [4.78, 5) is 4.60. The van der Waals surface area contributed by atoms with Crippen LogP contribution >= 0.6 is 11.5 Å². The van der Waals surface area contributed by atoms with Gasteiger partial charge in [-0.1, -0.05) is 36.8 Å². The predicted molar refractivity (Wildman–Crippen MR) is 70.5 cm³/mol. The number of nitrogens with zero attached hydrogens (tertiary/aromatic N) is 2. The molecule has 88 valence electrons. The highest BCUT2D eigenvalue weighted by molar-refractivity contribution is 7.09. The van der Waals surface area contributed by atoms with E-state index < -0.39 is 0 Å². The van der Waals surface area contributed by atoms with Gasteiger partial charge < -0.3 is 5.32 Å². The Morgan fingerprint density at radius 1 is 1.24 bits per heavy atom. The van der Waals surface area contributed by atoms with Crippen molar-refractivity contribution in [2.24, 2.45) is 0 Å². The maximum atomic E-state index is 4.60. The predicted octanol–water partition coefficient (Wildman–Crippen LogP) is 3.05. The third-order valence-electron chi connectivity index (χ3n) is 3.60. The van der Waals surface area contributed by atoms with Crippen LogP contribution in [0.2, 0.25) is 0 Å². The highest BCUT2D eigenvalue weighted by Crippen LogP contribution is 2.48. The molecule has 2 aromatic rings. The lowest BCUT2D eigenvalue weighted by atomic mass is 9.64. The van der Waals surface area contributed by atoms with Crippen LogP contribution in [0.5, 0.6) is 0 Å². The molecular formula is C13H15N3S. The molecule has 17 heavy (non-hydrogen) atoms. The number of anilines is 1. The lowest BCUT2D eigenvalue weighted by molar-refractivity contribution is 0.288. The lowest BCUT2D eigenvalue weighted by Crippen LogP contribution is -2.36. The van der Waals surface area contributed by atoms with Crippen LogP contribution in [0.15, 0.2) is 30.3 Å². The van der Waals surface area contributed by atoms with E-state index in [9.17, 15) is 0 Å². The second-order valence-electron chi connectivity index (χ2n) is 4.47. The highest BCUT2D eigenvalue weighted by atomic mass is 32.1. The first-order chi connectivity index (χ1) is 8.35. The number of nitrogens with one attached hydrogen (secondary N) is 1. The van der Waals surface area contributed by atoms with Crippen LogP contribution in [-0.2, 0) is 5.41 Å². The Hall–Kier alpha value is -1.42. The fourth-order valence-corrected chi connectivity index (χ4v) is 3.06. The van der Waals surface area contributed by atoms with Gasteiger partial charge >= 0.3 is 0 Å². The molecule has 1 aliphatic rings. The van der Waals surface area contributed by atoms with Crippen molar-refractivity contribution in [3.05, 3.63) is 41.7 Å². The van der Waals surface area contributed by atoms with Crippen molar-refractivity contribution < 1.29 is 0 Å². The van der Waals surface area contributed by atoms with Gasteiger partial charge in [-0.25, -0.2) is 4.98 Å². The van der Waals surface area contributed by atoms with Crippen molar-refractivity contribution in [3.8, 4) is 0 Å². The molecule has 3 nitrogen and oxygen atoms in total. The van der Waals surface area contributed by atoms with Gasteiger partial charge in [0.2, 0.25) is 5.13 Å². The van der Waals surface area contributed by atoms with E-state index in [2.05, 4.69) is 45.0 Å². The fraction of sp³-hybridized carbons (Fsp3) is 0.385. The molecule has 0 atom stereocenters. The third-order valence-corrected chi connectivity index (χ3v) is 4.33. The molecule has 1 aliphatic carbocycles. The minimum atomic E-state index is 0.0762. The van der Waals surface area contributed by atoms with Gasteiger partial charge in [-0.15, -0.1) is 0 Å². The average Bonchev–Trinajstić information content (AvgIpc) is 2.78. The van der Waals surface area contributed by atoms with E-state index in [1.165, 1.54) is 23.5 Å². The van der Waals surface area contributed by atoms with Crippen molar-refractivity contribution in [1.29, 1.82) is 0 Å². The van der Waals surface area contributed by atoms with Crippen molar-refractivity contribution in [3.63, 3.8) is 0 Å². The molecule has 0 spiro atoms. The van der Waals surface area contributed by atoms with Crippen LogP contribution in [0.3, 0.4) is 0 Å². The molecule has 1 aromatic carbocycles. The molecule has 0 bridgehead atoms. The van der Waals surface area contributed by atoms with Crippen LogP contribution < -0.4 is 5.32 Å². The number of hydrogen-bond acceptors (Lipinski definition) is 4. The molecule has 1 N–H and O–H groups in total. The average molecular weight is 245 g/mol. The van der Waals surface area contributed by atoms with Crippen molar-refractivity contribution >= 4 is 16.7 Å². The molecule has 1 saturated carbocycles. The summed E-state index contributed by atoms with van der Waals surface area (Å²) in [6.45, 7) is 0. The van der Waals surface area contributed by atoms with E-state index in [0.29, 0.717) is 0 Å². The normalized spacial score (nSPS) is 17.5. The summed E-state index contributed by atoms with van der Waals surface area (Å²) < 4.78 is 4.53. The second kappa shape index (κ2) is 4.11. The molecule has 1 fully saturated rings. The largest absolute Gasteiger partial charge is 0.363 e. The van der Waals surface area contributed by atoms with Gasteiger partial charge in [0.25, 0.3) is 0 Å². The molecule has 1 aromatic heterocycles. The Morgan fingerprint density at radius 2 is 2.00 bits per heavy atom. The van der Waals surface area contributed by atoms with Gasteiger partial charge in [0, 0.05) is 18.6 Å². The topological polar surface area (TPSA) is 37.8 Å². The van der Waals surface area contributed by atoms with Gasteiger partial charge in [0.1, 0.15) is 0 Å². The Morgan fingerprint density at radius 3 is 2.53 bits per heavy atom. The zero-order valence-corrected chi connectivity index (χ0v) is 10.6. The highest BCUT2D eigenvalue weighted by Gasteiger charge is 2.43. The van der Waals surface area contributed by atoms with Gasteiger partial charge in [-0.3, -0.25) is 0 Å². The zero-order chi connectivity index (χ0) is 11.7. The Labute approximate surface area is 105 Å². The van der Waals surface area contributed by atoms with Crippen molar-refractivity contribution in [1.82, 2.24) is 9.36 Å². The number of benzene rings is 1. The first kappa shape index (κ1) is 10.7. The summed E-state index contributed by atoms with van der Waals surface area (Å²) in [6, 6.07) is 10.6. The Bertz CT molecular complexity index is 502. The van der Waals surface area contributed by atoms with E-state index in [-0.39, 0.29) is 5.41 Å².